The Bertz CT molecular complexity index is 773. The van der Waals surface area contributed by atoms with E-state index in [4.69, 9.17) is 4.74 Å². The number of aryl methyl sites for hydroxylation is 1. The molecule has 148 valence electrons. The van der Waals surface area contributed by atoms with E-state index in [2.05, 4.69) is 10.3 Å². The maximum absolute atomic E-state index is 12.5. The van der Waals surface area contributed by atoms with Gasteiger partial charge in [0.15, 0.2) is 5.17 Å². The highest BCUT2D eigenvalue weighted by molar-refractivity contribution is 8.15. The van der Waals surface area contributed by atoms with Crippen LogP contribution in [-0.4, -0.2) is 52.8 Å². The van der Waals surface area contributed by atoms with Gasteiger partial charge in [-0.05, 0) is 40.2 Å². The number of aliphatic imine (C=N–C) groups is 1. The first kappa shape index (κ1) is 21.4. The van der Waals surface area contributed by atoms with Gasteiger partial charge < -0.3 is 10.1 Å². The first-order valence-corrected chi connectivity index (χ1v) is 10.6. The van der Waals surface area contributed by atoms with Crippen LogP contribution >= 0.6 is 23.1 Å². The number of nitrogens with zero attached hydrogens (tertiary/aromatic N) is 2. The van der Waals surface area contributed by atoms with Crippen LogP contribution in [0.15, 0.2) is 4.99 Å². The highest BCUT2D eigenvalue weighted by Crippen LogP contribution is 2.34. The van der Waals surface area contributed by atoms with Gasteiger partial charge in [-0.15, -0.1) is 11.3 Å². The number of ether oxygens (including phenoxy) is 1. The van der Waals surface area contributed by atoms with Crippen LogP contribution in [0.25, 0.3) is 0 Å². The number of carbonyl (C=O) groups is 3. The molecule has 0 radical (unpaired) electrons. The topological polar surface area (TPSA) is 88.1 Å². The van der Waals surface area contributed by atoms with Crippen LogP contribution in [-0.2, 0) is 14.3 Å². The second kappa shape index (κ2) is 9.36. The number of nitrogens with one attached hydrogen (secondary N) is 1. The molecule has 1 aromatic rings. The summed E-state index contributed by atoms with van der Waals surface area (Å²) in [7, 11) is 0. The largest absolute Gasteiger partial charge is 0.462 e. The monoisotopic (exact) mass is 411 g/mol. The molecule has 2 rings (SSSR count). The number of hydrogen-bond donors (Lipinski definition) is 1. The number of carbonyl (C=O) groups excluding carboxylic acids is 3. The Hall–Kier alpha value is -1.87. The molecule has 2 heterocycles. The Kier molecular flexibility index (Phi) is 7.43. The van der Waals surface area contributed by atoms with Crippen molar-refractivity contribution in [1.82, 2.24) is 4.90 Å². The molecule has 9 heteroatoms. The fourth-order valence-corrected chi connectivity index (χ4v) is 5.03. The molecule has 1 fully saturated rings. The molecule has 0 aliphatic carbocycles. The molecule has 2 amide bonds. The fourth-order valence-electron chi connectivity index (χ4n) is 2.70. The van der Waals surface area contributed by atoms with Crippen LogP contribution in [0.5, 0.6) is 0 Å². The van der Waals surface area contributed by atoms with Crippen LogP contribution in [0.2, 0.25) is 0 Å². The summed E-state index contributed by atoms with van der Waals surface area (Å²) < 4.78 is 5.10. The lowest BCUT2D eigenvalue weighted by Gasteiger charge is -2.13. The van der Waals surface area contributed by atoms with Gasteiger partial charge in [0.25, 0.3) is 0 Å². The van der Waals surface area contributed by atoms with Gasteiger partial charge in [-0.25, -0.2) is 4.79 Å². The third-order valence-electron chi connectivity index (χ3n) is 4.12. The number of thiophene rings is 1. The van der Waals surface area contributed by atoms with E-state index in [1.165, 1.54) is 23.1 Å². The summed E-state index contributed by atoms with van der Waals surface area (Å²) in [6.07, 6.45) is 0.0288. The van der Waals surface area contributed by atoms with Crippen molar-refractivity contribution in [3.8, 4) is 0 Å². The Morgan fingerprint density at radius 1 is 1.26 bits per heavy atom. The lowest BCUT2D eigenvalue weighted by molar-refractivity contribution is -0.128. The van der Waals surface area contributed by atoms with Gasteiger partial charge in [-0.1, -0.05) is 11.8 Å². The average Bonchev–Trinajstić information content (AvgIpc) is 3.04. The molecule has 7 nitrogen and oxygen atoms in total. The highest BCUT2D eigenvalue weighted by atomic mass is 32.2. The summed E-state index contributed by atoms with van der Waals surface area (Å²) in [6.45, 7) is 10.6. The zero-order valence-electron chi connectivity index (χ0n) is 16.2. The quantitative estimate of drug-likeness (QED) is 0.696. The van der Waals surface area contributed by atoms with E-state index in [1.807, 2.05) is 27.7 Å². The Balaban J connectivity index is 2.13. The van der Waals surface area contributed by atoms with Crippen molar-refractivity contribution in [1.29, 1.82) is 0 Å². The standard InChI is InChI=1S/C18H25N3O4S2/c1-6-19-18-21(7-2)16(23)12(27-18)9-13(22)20-15-14(17(24)25-8-3)10(4)11(5)26-15/h12H,6-9H2,1-5H3,(H,20,22)/t12-/m1/s1. The number of rotatable bonds is 7. The molecular weight excluding hydrogens is 386 g/mol. The number of amidine groups is 1. The maximum atomic E-state index is 12.5. The minimum atomic E-state index is -0.497. The van der Waals surface area contributed by atoms with Crippen LogP contribution < -0.4 is 5.32 Å². The molecule has 1 aromatic heterocycles. The summed E-state index contributed by atoms with van der Waals surface area (Å²) in [5, 5.41) is 3.43. The molecule has 0 spiro atoms. The summed E-state index contributed by atoms with van der Waals surface area (Å²) in [4.78, 5) is 44.2. The van der Waals surface area contributed by atoms with Crippen LogP contribution in [0.1, 0.15) is 48.0 Å². The minimum Gasteiger partial charge on any atom is -0.462 e. The van der Waals surface area contributed by atoms with Crippen molar-refractivity contribution in [3.63, 3.8) is 0 Å². The normalized spacial score (nSPS) is 18.3. The van der Waals surface area contributed by atoms with Gasteiger partial charge in [-0.3, -0.25) is 19.5 Å². The smallest absolute Gasteiger partial charge is 0.341 e. The zero-order valence-corrected chi connectivity index (χ0v) is 17.9. The molecule has 0 saturated carbocycles. The molecule has 1 saturated heterocycles. The first-order valence-electron chi connectivity index (χ1n) is 8.93. The van der Waals surface area contributed by atoms with Gasteiger partial charge in [-0.2, -0.15) is 0 Å². The number of esters is 1. The molecule has 0 unspecified atom stereocenters. The summed E-state index contributed by atoms with van der Waals surface area (Å²) >= 11 is 2.66. The Morgan fingerprint density at radius 3 is 2.56 bits per heavy atom. The maximum Gasteiger partial charge on any atom is 0.341 e. The van der Waals surface area contributed by atoms with Crippen LogP contribution in [0.3, 0.4) is 0 Å². The fraction of sp³-hybridized carbons (Fsp3) is 0.556. The van der Waals surface area contributed by atoms with Crippen LogP contribution in [0.4, 0.5) is 5.00 Å². The predicted molar refractivity (Wildman–Crippen MR) is 110 cm³/mol. The van der Waals surface area contributed by atoms with Gasteiger partial charge in [0, 0.05) is 24.4 Å². The SMILES string of the molecule is CCN=C1S[C@H](CC(=O)Nc2sc(C)c(C)c2C(=O)OCC)C(=O)N1CC. The molecule has 1 aliphatic heterocycles. The lowest BCUT2D eigenvalue weighted by atomic mass is 10.1. The van der Waals surface area contributed by atoms with Crippen molar-refractivity contribution in [2.45, 2.75) is 46.3 Å². The Morgan fingerprint density at radius 2 is 1.96 bits per heavy atom. The number of anilines is 1. The number of amides is 2. The van der Waals surface area contributed by atoms with E-state index in [0.29, 0.717) is 28.8 Å². The van der Waals surface area contributed by atoms with Gasteiger partial charge in [0.2, 0.25) is 11.8 Å². The van der Waals surface area contributed by atoms with Crippen molar-refractivity contribution < 1.29 is 19.1 Å². The molecule has 27 heavy (non-hydrogen) atoms. The predicted octanol–water partition coefficient (Wildman–Crippen LogP) is 3.21. The number of hydrogen-bond acceptors (Lipinski definition) is 7. The van der Waals surface area contributed by atoms with E-state index < -0.39 is 11.2 Å². The van der Waals surface area contributed by atoms with Gasteiger partial charge >= 0.3 is 5.97 Å². The molecule has 1 aliphatic rings. The summed E-state index contributed by atoms with van der Waals surface area (Å²) in [5.41, 5.74) is 1.19. The van der Waals surface area contributed by atoms with E-state index in [1.54, 1.807) is 11.8 Å². The molecule has 0 aromatic carbocycles. The summed E-state index contributed by atoms with van der Waals surface area (Å²) in [6, 6.07) is 0. The third-order valence-corrected chi connectivity index (χ3v) is 6.45. The van der Waals surface area contributed by atoms with Crippen molar-refractivity contribution in [3.05, 3.63) is 16.0 Å². The van der Waals surface area contributed by atoms with E-state index >= 15 is 0 Å². The van der Waals surface area contributed by atoms with Crippen LogP contribution in [0, 0.1) is 13.8 Å². The van der Waals surface area contributed by atoms with E-state index in [-0.39, 0.29) is 24.8 Å². The number of thioether (sulfide) groups is 1. The average molecular weight is 412 g/mol. The molecule has 1 atom stereocenters. The molecular formula is C18H25N3O4S2. The van der Waals surface area contributed by atoms with Crippen molar-refractivity contribution in [2.24, 2.45) is 4.99 Å². The highest BCUT2D eigenvalue weighted by Gasteiger charge is 2.38. The summed E-state index contributed by atoms with van der Waals surface area (Å²) in [5.74, 6) is -0.856. The Labute approximate surface area is 167 Å². The molecule has 0 bridgehead atoms. The van der Waals surface area contributed by atoms with E-state index in [0.717, 1.165) is 10.4 Å². The van der Waals surface area contributed by atoms with Gasteiger partial charge in [0.1, 0.15) is 10.3 Å². The molecule has 1 N–H and O–H groups in total. The third kappa shape index (κ3) is 4.70. The second-order valence-electron chi connectivity index (χ2n) is 5.91. The zero-order chi connectivity index (χ0) is 20.1. The second-order valence-corrected chi connectivity index (χ2v) is 8.30. The lowest BCUT2D eigenvalue weighted by Crippen LogP contribution is -2.33. The first-order chi connectivity index (χ1) is 12.8. The van der Waals surface area contributed by atoms with E-state index in [9.17, 15) is 14.4 Å². The van der Waals surface area contributed by atoms with Crippen molar-refractivity contribution >= 4 is 51.1 Å². The van der Waals surface area contributed by atoms with Crippen molar-refractivity contribution in [2.75, 3.05) is 25.0 Å². The van der Waals surface area contributed by atoms with Gasteiger partial charge in [0.05, 0.1) is 12.2 Å². The minimum absolute atomic E-state index is 0.0288.